The number of aliphatic imine (C=N–C) groups is 1. The Hall–Kier alpha value is -0.860. The van der Waals surface area contributed by atoms with Gasteiger partial charge in [-0.1, -0.05) is 63.3 Å². The van der Waals surface area contributed by atoms with Gasteiger partial charge in [0.15, 0.2) is 5.96 Å². The van der Waals surface area contributed by atoms with Crippen molar-refractivity contribution in [3.05, 3.63) is 35.4 Å². The molecule has 1 saturated heterocycles. The standard InChI is InChI=1S/C22H38N4O.HI/c1-2-3-4-5-6-7-14-24-22(23)25-17-19-8-10-20(11-9-19)18-26-15-12-21(27)13-16-26;/h8-11,21,27H,2-7,12-18H2,1H3,(H3,23,24,25);1H. The van der Waals surface area contributed by atoms with Crippen LogP contribution in [0.15, 0.2) is 29.3 Å². The zero-order valence-electron chi connectivity index (χ0n) is 17.4. The molecule has 5 nitrogen and oxygen atoms in total. The second kappa shape index (κ2) is 15.0. The highest BCUT2D eigenvalue weighted by Gasteiger charge is 2.16. The van der Waals surface area contributed by atoms with E-state index in [-0.39, 0.29) is 30.1 Å². The minimum absolute atomic E-state index is 0. The first kappa shape index (κ1) is 25.2. The second-order valence-electron chi connectivity index (χ2n) is 7.72. The van der Waals surface area contributed by atoms with Gasteiger partial charge in [-0.15, -0.1) is 24.0 Å². The van der Waals surface area contributed by atoms with Crippen molar-refractivity contribution in [2.45, 2.75) is 77.5 Å². The van der Waals surface area contributed by atoms with Crippen LogP contribution in [-0.2, 0) is 13.1 Å². The summed E-state index contributed by atoms with van der Waals surface area (Å²) in [4.78, 5) is 6.85. The molecule has 4 N–H and O–H groups in total. The number of guanidine groups is 1. The molecule has 1 aliphatic heterocycles. The van der Waals surface area contributed by atoms with Crippen LogP contribution in [0, 0.1) is 0 Å². The lowest BCUT2D eigenvalue weighted by molar-refractivity contribution is 0.0792. The van der Waals surface area contributed by atoms with Crippen LogP contribution in [0.3, 0.4) is 0 Å². The van der Waals surface area contributed by atoms with Crippen LogP contribution in [0.5, 0.6) is 0 Å². The molecule has 1 aliphatic rings. The summed E-state index contributed by atoms with van der Waals surface area (Å²) in [6.45, 7) is 6.68. The highest BCUT2D eigenvalue weighted by atomic mass is 127. The molecule has 0 atom stereocenters. The van der Waals surface area contributed by atoms with Gasteiger partial charge < -0.3 is 16.2 Å². The molecule has 1 heterocycles. The summed E-state index contributed by atoms with van der Waals surface area (Å²) in [5.41, 5.74) is 8.45. The molecule has 6 heteroatoms. The van der Waals surface area contributed by atoms with E-state index in [1.165, 1.54) is 43.2 Å². The van der Waals surface area contributed by atoms with Crippen LogP contribution in [0.2, 0.25) is 0 Å². The molecule has 160 valence electrons. The number of benzene rings is 1. The van der Waals surface area contributed by atoms with Crippen molar-refractivity contribution in [1.82, 2.24) is 10.2 Å². The van der Waals surface area contributed by atoms with E-state index in [9.17, 15) is 5.11 Å². The van der Waals surface area contributed by atoms with Crippen molar-refractivity contribution in [1.29, 1.82) is 0 Å². The second-order valence-corrected chi connectivity index (χ2v) is 7.72. The van der Waals surface area contributed by atoms with Crippen LogP contribution in [-0.4, -0.2) is 41.7 Å². The van der Waals surface area contributed by atoms with Gasteiger partial charge in [-0.3, -0.25) is 4.90 Å². The van der Waals surface area contributed by atoms with E-state index >= 15 is 0 Å². The average molecular weight is 502 g/mol. The zero-order valence-corrected chi connectivity index (χ0v) is 19.7. The van der Waals surface area contributed by atoms with Crippen LogP contribution in [0.25, 0.3) is 0 Å². The Balaban J connectivity index is 0.00000392. The van der Waals surface area contributed by atoms with Crippen molar-refractivity contribution in [2.75, 3.05) is 19.6 Å². The maximum atomic E-state index is 9.59. The van der Waals surface area contributed by atoms with E-state index in [1.54, 1.807) is 0 Å². The Labute approximate surface area is 188 Å². The Morgan fingerprint density at radius 1 is 1.07 bits per heavy atom. The molecule has 0 bridgehead atoms. The monoisotopic (exact) mass is 502 g/mol. The fraction of sp³-hybridized carbons (Fsp3) is 0.682. The number of hydrogen-bond acceptors (Lipinski definition) is 3. The van der Waals surface area contributed by atoms with Gasteiger partial charge in [0.2, 0.25) is 0 Å². The lowest BCUT2D eigenvalue weighted by Crippen LogP contribution is -2.35. The smallest absolute Gasteiger partial charge is 0.188 e. The summed E-state index contributed by atoms with van der Waals surface area (Å²) in [7, 11) is 0. The molecule has 1 aromatic rings. The quantitative estimate of drug-likeness (QED) is 0.185. The van der Waals surface area contributed by atoms with Crippen molar-refractivity contribution in [3.63, 3.8) is 0 Å². The van der Waals surface area contributed by atoms with Crippen LogP contribution in [0.4, 0.5) is 0 Å². The van der Waals surface area contributed by atoms with Gasteiger partial charge in [-0.05, 0) is 30.4 Å². The van der Waals surface area contributed by atoms with Gasteiger partial charge in [0.1, 0.15) is 0 Å². The highest BCUT2D eigenvalue weighted by molar-refractivity contribution is 14.0. The number of hydrogen-bond donors (Lipinski definition) is 3. The predicted octanol–water partition coefficient (Wildman–Crippen LogP) is 4.03. The van der Waals surface area contributed by atoms with Gasteiger partial charge >= 0.3 is 0 Å². The molecule has 0 unspecified atom stereocenters. The minimum atomic E-state index is -0.110. The molecular formula is C22H39IN4O. The largest absolute Gasteiger partial charge is 0.393 e. The summed E-state index contributed by atoms with van der Waals surface area (Å²) in [5, 5.41) is 12.8. The van der Waals surface area contributed by atoms with Gasteiger partial charge in [-0.2, -0.15) is 0 Å². The van der Waals surface area contributed by atoms with Gasteiger partial charge in [-0.25, -0.2) is 4.99 Å². The van der Waals surface area contributed by atoms with Crippen molar-refractivity contribution < 1.29 is 5.11 Å². The summed E-state index contributed by atoms with van der Waals surface area (Å²) in [6, 6.07) is 8.63. The summed E-state index contributed by atoms with van der Waals surface area (Å²) >= 11 is 0. The third-order valence-electron chi connectivity index (χ3n) is 5.25. The van der Waals surface area contributed by atoms with Crippen molar-refractivity contribution in [2.24, 2.45) is 10.7 Å². The number of aliphatic hydroxyl groups excluding tert-OH is 1. The maximum absolute atomic E-state index is 9.59. The summed E-state index contributed by atoms with van der Waals surface area (Å²) in [5.74, 6) is 0.541. The van der Waals surface area contributed by atoms with E-state index in [4.69, 9.17) is 5.73 Å². The fourth-order valence-corrected chi connectivity index (χ4v) is 3.44. The highest BCUT2D eigenvalue weighted by Crippen LogP contribution is 2.14. The molecule has 0 saturated carbocycles. The minimum Gasteiger partial charge on any atom is -0.393 e. The van der Waals surface area contributed by atoms with Crippen LogP contribution >= 0.6 is 24.0 Å². The maximum Gasteiger partial charge on any atom is 0.188 e. The van der Waals surface area contributed by atoms with E-state index in [0.717, 1.165) is 45.4 Å². The predicted molar refractivity (Wildman–Crippen MR) is 129 cm³/mol. The Bertz CT molecular complexity index is 542. The number of aliphatic hydroxyl groups is 1. The third-order valence-corrected chi connectivity index (χ3v) is 5.25. The molecule has 28 heavy (non-hydrogen) atoms. The van der Waals surface area contributed by atoms with Crippen molar-refractivity contribution in [3.8, 4) is 0 Å². The first-order valence-corrected chi connectivity index (χ1v) is 10.7. The normalized spacial score (nSPS) is 16.0. The van der Waals surface area contributed by atoms with E-state index in [1.807, 2.05) is 0 Å². The van der Waals surface area contributed by atoms with Crippen LogP contribution < -0.4 is 11.1 Å². The lowest BCUT2D eigenvalue weighted by Gasteiger charge is -2.29. The van der Waals surface area contributed by atoms with Gasteiger partial charge in [0.25, 0.3) is 0 Å². The molecule has 0 radical (unpaired) electrons. The summed E-state index contributed by atoms with van der Waals surface area (Å²) in [6.07, 6.45) is 9.38. The van der Waals surface area contributed by atoms with Gasteiger partial charge in [0.05, 0.1) is 12.6 Å². The number of halogens is 1. The molecule has 1 aromatic carbocycles. The van der Waals surface area contributed by atoms with Crippen molar-refractivity contribution >= 4 is 29.9 Å². The van der Waals surface area contributed by atoms with Gasteiger partial charge in [0, 0.05) is 26.2 Å². The number of nitrogens with two attached hydrogens (primary N) is 1. The molecule has 0 spiro atoms. The van der Waals surface area contributed by atoms with E-state index in [2.05, 4.69) is 46.4 Å². The topological polar surface area (TPSA) is 73.9 Å². The number of nitrogens with one attached hydrogen (secondary N) is 1. The van der Waals surface area contributed by atoms with E-state index in [0.29, 0.717) is 12.5 Å². The fourth-order valence-electron chi connectivity index (χ4n) is 3.44. The average Bonchev–Trinajstić information content (AvgIpc) is 2.68. The Kier molecular flexibility index (Phi) is 13.5. The molecular weight excluding hydrogens is 463 g/mol. The Morgan fingerprint density at radius 3 is 2.36 bits per heavy atom. The molecule has 0 aromatic heterocycles. The number of likely N-dealkylation sites (tertiary alicyclic amines) is 1. The Morgan fingerprint density at radius 2 is 1.68 bits per heavy atom. The molecule has 0 aliphatic carbocycles. The zero-order chi connectivity index (χ0) is 19.3. The lowest BCUT2D eigenvalue weighted by atomic mass is 10.1. The first-order chi connectivity index (χ1) is 13.2. The molecule has 2 rings (SSSR count). The third kappa shape index (κ3) is 10.6. The SMILES string of the molecule is CCCCCCCCNC(N)=NCc1ccc(CN2CCC(O)CC2)cc1.I. The van der Waals surface area contributed by atoms with E-state index < -0.39 is 0 Å². The van der Waals surface area contributed by atoms with Crippen LogP contribution in [0.1, 0.15) is 69.4 Å². The molecule has 1 fully saturated rings. The molecule has 0 amide bonds. The number of unbranched alkanes of at least 4 members (excludes halogenated alkanes) is 5. The first-order valence-electron chi connectivity index (χ1n) is 10.7. The number of rotatable bonds is 11. The number of nitrogens with zero attached hydrogens (tertiary/aromatic N) is 2. The number of piperidine rings is 1. The summed E-state index contributed by atoms with van der Waals surface area (Å²) < 4.78 is 0.